The van der Waals surface area contributed by atoms with Gasteiger partial charge in [0.25, 0.3) is 0 Å². The molecule has 166 valence electrons. The van der Waals surface area contributed by atoms with Gasteiger partial charge in [-0.1, -0.05) is 0 Å². The molecule has 0 saturated heterocycles. The first-order valence-electron chi connectivity index (χ1n) is 10.2. The Labute approximate surface area is 170 Å². The van der Waals surface area contributed by atoms with E-state index in [0.29, 0.717) is 36.4 Å². The van der Waals surface area contributed by atoms with Crippen molar-refractivity contribution < 1.29 is 37.1 Å². The van der Waals surface area contributed by atoms with Crippen LogP contribution < -0.4 is 0 Å². The summed E-state index contributed by atoms with van der Waals surface area (Å²) in [6, 6.07) is 0. The Balaban J connectivity index is 5.00. The number of quaternary nitrogens is 2. The zero-order valence-corrected chi connectivity index (χ0v) is 19.4. The average Bonchev–Trinajstić information content (AvgIpc) is 2.60. The zero-order chi connectivity index (χ0) is 21.8. The summed E-state index contributed by atoms with van der Waals surface area (Å²) >= 11 is 0. The van der Waals surface area contributed by atoms with Gasteiger partial charge >= 0.3 is 7.82 Å². The summed E-state index contributed by atoms with van der Waals surface area (Å²) in [7, 11) is 1.59. The molecule has 0 aromatic heterocycles. The number of phosphoric ester groups is 1. The molecule has 0 bridgehead atoms. The lowest BCUT2D eigenvalue weighted by Gasteiger charge is -2.37. The highest BCUT2D eigenvalue weighted by Crippen LogP contribution is 2.47. The lowest BCUT2D eigenvalue weighted by atomic mass is 10.1. The topological polar surface area (TPSA) is 89.9 Å². The Morgan fingerprint density at radius 3 is 1.57 bits per heavy atom. The molecule has 8 nitrogen and oxygen atoms in total. The second kappa shape index (κ2) is 12.8. The Bertz CT molecular complexity index is 497. The molecule has 0 aromatic carbocycles. The molecule has 9 heteroatoms. The Kier molecular flexibility index (Phi) is 12.5. The van der Waals surface area contributed by atoms with Gasteiger partial charge in [0.2, 0.25) is 0 Å². The summed E-state index contributed by atoms with van der Waals surface area (Å²) < 4.78 is 24.6. The third-order valence-electron chi connectivity index (χ3n) is 5.34. The fraction of sp³-hybridized carbons (Fsp3) is 0.895. The summed E-state index contributed by atoms with van der Waals surface area (Å²) in [4.78, 5) is 32.2. The second-order valence-electron chi connectivity index (χ2n) is 8.33. The lowest BCUT2D eigenvalue weighted by molar-refractivity contribution is -0.923. The molecule has 0 amide bonds. The average molecular weight is 425 g/mol. The molecule has 3 atom stereocenters. The fourth-order valence-corrected chi connectivity index (χ4v) is 4.32. The molecule has 0 aromatic rings. The number of carbonyl (C=O) groups excluding carboxylic acids is 2. The van der Waals surface area contributed by atoms with Gasteiger partial charge in [0.15, 0.2) is 0 Å². The normalized spacial score (nSPS) is 17.0. The monoisotopic (exact) mass is 424 g/mol. The third-order valence-corrected chi connectivity index (χ3v) is 6.47. The van der Waals surface area contributed by atoms with Crippen LogP contribution in [0.3, 0.4) is 0 Å². The van der Waals surface area contributed by atoms with E-state index in [1.807, 2.05) is 21.1 Å². The highest BCUT2D eigenvalue weighted by atomic mass is 31.2. The van der Waals surface area contributed by atoms with Gasteiger partial charge in [0.1, 0.15) is 12.6 Å². The molecule has 0 fully saturated rings. The van der Waals surface area contributed by atoms with E-state index in [2.05, 4.69) is 20.8 Å². The van der Waals surface area contributed by atoms with Crippen LogP contribution in [0.1, 0.15) is 46.5 Å². The van der Waals surface area contributed by atoms with Crippen LogP contribution in [0.5, 0.6) is 0 Å². The van der Waals surface area contributed by atoms with E-state index >= 15 is 0 Å². The smallest absolute Gasteiger partial charge is 0.331 e. The van der Waals surface area contributed by atoms with Gasteiger partial charge in [-0.15, -0.1) is 0 Å². The molecule has 0 spiro atoms. The van der Waals surface area contributed by atoms with E-state index in [4.69, 9.17) is 9.05 Å². The van der Waals surface area contributed by atoms with E-state index in [0.717, 1.165) is 30.7 Å². The van der Waals surface area contributed by atoms with Crippen molar-refractivity contribution in [1.82, 2.24) is 0 Å². The number of hydrogen-bond acceptors (Lipinski definition) is 5. The molecular weight excluding hydrogens is 383 g/mol. The molecule has 0 aliphatic rings. The van der Waals surface area contributed by atoms with Crippen LogP contribution in [0, 0.1) is 0 Å². The number of carbonyl (C=O) groups is 2. The van der Waals surface area contributed by atoms with E-state index < -0.39 is 20.0 Å². The summed E-state index contributed by atoms with van der Waals surface area (Å²) in [5, 5.41) is 0. The molecule has 0 rings (SSSR count). The highest BCUT2D eigenvalue weighted by molar-refractivity contribution is 7.47. The Hall–Kier alpha value is -0.630. The van der Waals surface area contributed by atoms with Crippen LogP contribution in [-0.4, -0.2) is 92.5 Å². The van der Waals surface area contributed by atoms with Crippen LogP contribution >= 0.6 is 7.82 Å². The van der Waals surface area contributed by atoms with Crippen LogP contribution in [0.15, 0.2) is 0 Å². The molecular formula is C19H41N2O6P+2. The minimum Gasteiger partial charge on any atom is -0.331 e. The molecule has 1 N–H and O–H groups in total. The predicted octanol–water partition coefficient (Wildman–Crippen LogP) is 2.40. The number of rotatable bonds is 17. The first kappa shape index (κ1) is 27.4. The first-order valence-corrected chi connectivity index (χ1v) is 11.7. The van der Waals surface area contributed by atoms with Crippen molar-refractivity contribution in [3.63, 3.8) is 0 Å². The number of aldehydes is 2. The molecule has 0 saturated carbocycles. The lowest BCUT2D eigenvalue weighted by Crippen LogP contribution is -2.49. The van der Waals surface area contributed by atoms with Crippen LogP contribution in [0.4, 0.5) is 0 Å². The molecule has 3 unspecified atom stereocenters. The van der Waals surface area contributed by atoms with Crippen molar-refractivity contribution in [3.8, 4) is 0 Å². The summed E-state index contributed by atoms with van der Waals surface area (Å²) in [5.74, 6) is 0. The quantitative estimate of drug-likeness (QED) is 0.219. The van der Waals surface area contributed by atoms with Gasteiger partial charge in [-0.05, 0) is 20.8 Å². The molecule has 0 heterocycles. The largest absolute Gasteiger partial charge is 0.472 e. The maximum absolute atomic E-state index is 12.5. The van der Waals surface area contributed by atoms with E-state index in [-0.39, 0.29) is 12.8 Å². The minimum absolute atomic E-state index is 0.0216. The van der Waals surface area contributed by atoms with Crippen molar-refractivity contribution in [3.05, 3.63) is 0 Å². The Morgan fingerprint density at radius 1 is 0.857 bits per heavy atom. The molecule has 0 aliphatic heterocycles. The van der Waals surface area contributed by atoms with Crippen LogP contribution in [0.25, 0.3) is 0 Å². The van der Waals surface area contributed by atoms with Gasteiger partial charge in [0, 0.05) is 25.7 Å². The van der Waals surface area contributed by atoms with Crippen molar-refractivity contribution in [2.45, 2.75) is 58.7 Å². The van der Waals surface area contributed by atoms with Gasteiger partial charge in [-0.2, -0.15) is 0 Å². The van der Waals surface area contributed by atoms with E-state index in [9.17, 15) is 19.0 Å². The number of phosphoric acid groups is 1. The van der Waals surface area contributed by atoms with Crippen molar-refractivity contribution in [1.29, 1.82) is 0 Å². The maximum atomic E-state index is 12.5. The van der Waals surface area contributed by atoms with Gasteiger partial charge in [-0.3, -0.25) is 9.05 Å². The third kappa shape index (κ3) is 11.4. The second-order valence-corrected chi connectivity index (χ2v) is 9.69. The molecule has 28 heavy (non-hydrogen) atoms. The SMILES string of the molecule is CC[N+](CC)(CC)CCC(CC=O)OP(=O)(O)OC(CC=O)CC[N+](C)(C)C. The molecule has 0 radical (unpaired) electrons. The summed E-state index contributed by atoms with van der Waals surface area (Å²) in [6.07, 6.45) is 0.984. The first-order chi connectivity index (χ1) is 13.0. The highest BCUT2D eigenvalue weighted by Gasteiger charge is 2.32. The fourth-order valence-electron chi connectivity index (χ4n) is 3.14. The minimum atomic E-state index is -4.39. The van der Waals surface area contributed by atoms with Gasteiger partial charge in [-0.25, -0.2) is 4.57 Å². The van der Waals surface area contributed by atoms with Gasteiger partial charge < -0.3 is 23.4 Å². The van der Waals surface area contributed by atoms with E-state index in [1.54, 1.807) is 0 Å². The predicted molar refractivity (Wildman–Crippen MR) is 110 cm³/mol. The number of hydrogen-bond donors (Lipinski definition) is 1. The van der Waals surface area contributed by atoms with Crippen molar-refractivity contribution in [2.24, 2.45) is 0 Å². The van der Waals surface area contributed by atoms with Crippen molar-refractivity contribution >= 4 is 20.4 Å². The zero-order valence-electron chi connectivity index (χ0n) is 18.5. The summed E-state index contributed by atoms with van der Waals surface area (Å²) in [5.41, 5.74) is 0. The van der Waals surface area contributed by atoms with E-state index in [1.165, 1.54) is 0 Å². The van der Waals surface area contributed by atoms with Gasteiger partial charge in [0.05, 0.1) is 66.1 Å². The van der Waals surface area contributed by atoms with Crippen LogP contribution in [-0.2, 0) is 23.2 Å². The molecule has 0 aliphatic carbocycles. The van der Waals surface area contributed by atoms with Crippen molar-refractivity contribution in [2.75, 3.05) is 53.9 Å². The number of nitrogens with zero attached hydrogens (tertiary/aromatic N) is 2. The standard InChI is InChI=1S/C19H40N2O6P/c1-7-21(8-2,9-3)15-11-19(13-17-23)27-28(24,25)26-18(12-16-22)10-14-20(4,5)6/h16-19H,7-15H2,1-6H3/q+1/p+1. The summed E-state index contributed by atoms with van der Waals surface area (Å²) in [6.45, 7) is 10.6. The maximum Gasteiger partial charge on any atom is 0.472 e. The van der Waals surface area contributed by atoms with Crippen LogP contribution in [0.2, 0.25) is 0 Å². The Morgan fingerprint density at radius 2 is 1.25 bits per heavy atom.